The maximum atomic E-state index is 13.7. The van der Waals surface area contributed by atoms with E-state index in [9.17, 15) is 18.0 Å². The van der Waals surface area contributed by atoms with E-state index < -0.39 is 11.7 Å². The van der Waals surface area contributed by atoms with Crippen LogP contribution in [0.4, 0.5) is 19.0 Å². The number of likely N-dealkylation sites (tertiary alicyclic amines) is 1. The molecule has 2 aromatic heterocycles. The van der Waals surface area contributed by atoms with E-state index in [2.05, 4.69) is 27.5 Å². The van der Waals surface area contributed by atoms with Crippen molar-refractivity contribution in [1.82, 2.24) is 24.9 Å². The summed E-state index contributed by atoms with van der Waals surface area (Å²) in [5, 5.41) is 11.0. The van der Waals surface area contributed by atoms with Crippen LogP contribution in [0.2, 0.25) is 0 Å². The Morgan fingerprint density at radius 3 is 2.73 bits per heavy atom. The van der Waals surface area contributed by atoms with Gasteiger partial charge in [0.05, 0.1) is 35.2 Å². The summed E-state index contributed by atoms with van der Waals surface area (Å²) in [5.74, 6) is 0.444. The smallest absolute Gasteiger partial charge is 0.368 e. The van der Waals surface area contributed by atoms with Crippen LogP contribution in [0.15, 0.2) is 48.9 Å². The Bertz CT molecular complexity index is 1100. The van der Waals surface area contributed by atoms with Crippen molar-refractivity contribution in [2.24, 2.45) is 5.92 Å². The zero-order valence-corrected chi connectivity index (χ0v) is 18.4. The standard InChI is InChI=1S/C23H25F3N6O/c1-15-5-7-19(32-11-9-29-30-32)18(12-15)22(33)31-10-3-4-16(2)20(31)14-28-21-8-6-17(13-27-21)23(24,25)26/h5-9,11-13,16,20H,3-4,10,14H2,1-2H3,(H,27,28)/t16-,20-/m1/s1. The molecular weight excluding hydrogens is 433 g/mol. The molecule has 0 spiro atoms. The quantitative estimate of drug-likeness (QED) is 0.616. The van der Waals surface area contributed by atoms with Crippen molar-refractivity contribution >= 4 is 11.7 Å². The van der Waals surface area contributed by atoms with Crippen molar-refractivity contribution in [2.45, 2.75) is 38.9 Å². The Labute approximate surface area is 189 Å². The van der Waals surface area contributed by atoms with Crippen LogP contribution in [0.3, 0.4) is 0 Å². The summed E-state index contributed by atoms with van der Waals surface area (Å²) < 4.78 is 40.0. The molecule has 7 nitrogen and oxygen atoms in total. The number of aryl methyl sites for hydroxylation is 1. The van der Waals surface area contributed by atoms with Crippen LogP contribution in [0, 0.1) is 12.8 Å². The summed E-state index contributed by atoms with van der Waals surface area (Å²) in [7, 11) is 0. The van der Waals surface area contributed by atoms with Crippen molar-refractivity contribution in [3.8, 4) is 5.69 Å². The van der Waals surface area contributed by atoms with Gasteiger partial charge in [0, 0.05) is 19.3 Å². The maximum absolute atomic E-state index is 13.7. The second-order valence-corrected chi connectivity index (χ2v) is 8.36. The van der Waals surface area contributed by atoms with Gasteiger partial charge in [0.25, 0.3) is 5.91 Å². The lowest BCUT2D eigenvalue weighted by Crippen LogP contribution is -2.51. The topological polar surface area (TPSA) is 75.9 Å². The SMILES string of the molecule is Cc1ccc(-n2ccnn2)c(C(=O)N2CCC[C@@H](C)[C@H]2CNc2ccc(C(F)(F)F)cn2)c1. The number of benzene rings is 1. The molecule has 0 aliphatic carbocycles. The van der Waals surface area contributed by atoms with Crippen molar-refractivity contribution < 1.29 is 18.0 Å². The third-order valence-electron chi connectivity index (χ3n) is 6.01. The zero-order chi connectivity index (χ0) is 23.6. The largest absolute Gasteiger partial charge is 0.417 e. The average molecular weight is 458 g/mol. The maximum Gasteiger partial charge on any atom is 0.417 e. The average Bonchev–Trinajstić information content (AvgIpc) is 3.32. The van der Waals surface area contributed by atoms with Gasteiger partial charge < -0.3 is 10.2 Å². The Balaban J connectivity index is 1.55. The van der Waals surface area contributed by atoms with E-state index in [0.29, 0.717) is 30.2 Å². The van der Waals surface area contributed by atoms with Gasteiger partial charge in [-0.15, -0.1) is 5.10 Å². The van der Waals surface area contributed by atoms with Crippen LogP contribution in [-0.4, -0.2) is 49.9 Å². The van der Waals surface area contributed by atoms with Gasteiger partial charge >= 0.3 is 6.18 Å². The third-order valence-corrected chi connectivity index (χ3v) is 6.01. The molecule has 0 bridgehead atoms. The normalized spacial score (nSPS) is 18.9. The van der Waals surface area contributed by atoms with Gasteiger partial charge in [0.2, 0.25) is 0 Å². The number of anilines is 1. The lowest BCUT2D eigenvalue weighted by Gasteiger charge is -2.40. The molecule has 0 saturated carbocycles. The van der Waals surface area contributed by atoms with Gasteiger partial charge in [-0.2, -0.15) is 13.2 Å². The van der Waals surface area contributed by atoms with Gasteiger partial charge in [-0.1, -0.05) is 23.8 Å². The highest BCUT2D eigenvalue weighted by Gasteiger charge is 2.34. The van der Waals surface area contributed by atoms with Gasteiger partial charge in [-0.05, 0) is 49.9 Å². The van der Waals surface area contributed by atoms with Crippen molar-refractivity contribution in [3.63, 3.8) is 0 Å². The first-order valence-electron chi connectivity index (χ1n) is 10.8. The molecule has 1 fully saturated rings. The summed E-state index contributed by atoms with van der Waals surface area (Å²) in [6.45, 7) is 4.99. The fourth-order valence-electron chi connectivity index (χ4n) is 4.20. The monoisotopic (exact) mass is 458 g/mol. The molecule has 33 heavy (non-hydrogen) atoms. The number of hydrogen-bond donors (Lipinski definition) is 1. The van der Waals surface area contributed by atoms with E-state index in [1.165, 1.54) is 6.07 Å². The van der Waals surface area contributed by atoms with Gasteiger partial charge in [0.1, 0.15) is 5.82 Å². The molecule has 1 aliphatic heterocycles. The predicted octanol–water partition coefficient (Wildman–Crippen LogP) is 4.34. The Morgan fingerprint density at radius 1 is 1.24 bits per heavy atom. The summed E-state index contributed by atoms with van der Waals surface area (Å²) in [4.78, 5) is 19.4. The van der Waals surface area contributed by atoms with Gasteiger partial charge in [-0.3, -0.25) is 4.79 Å². The van der Waals surface area contributed by atoms with Crippen LogP contribution in [0.1, 0.15) is 41.3 Å². The number of amides is 1. The molecule has 3 aromatic rings. The second-order valence-electron chi connectivity index (χ2n) is 8.36. The Kier molecular flexibility index (Phi) is 6.35. The summed E-state index contributed by atoms with van der Waals surface area (Å²) in [5.41, 5.74) is 1.34. The lowest BCUT2D eigenvalue weighted by atomic mass is 9.89. The number of carbonyl (C=O) groups is 1. The summed E-state index contributed by atoms with van der Waals surface area (Å²) >= 11 is 0. The van der Waals surface area contributed by atoms with Crippen LogP contribution < -0.4 is 5.32 Å². The third kappa shape index (κ3) is 4.99. The van der Waals surface area contributed by atoms with Crippen molar-refractivity contribution in [2.75, 3.05) is 18.4 Å². The molecule has 1 saturated heterocycles. The molecule has 174 valence electrons. The predicted molar refractivity (Wildman–Crippen MR) is 117 cm³/mol. The number of pyridine rings is 1. The minimum Gasteiger partial charge on any atom is -0.368 e. The van der Waals surface area contributed by atoms with Crippen LogP contribution in [0.25, 0.3) is 5.69 Å². The highest BCUT2D eigenvalue weighted by atomic mass is 19.4. The first-order valence-corrected chi connectivity index (χ1v) is 10.8. The molecule has 2 atom stereocenters. The number of nitrogens with zero attached hydrogens (tertiary/aromatic N) is 5. The van der Waals surface area contributed by atoms with E-state index in [0.717, 1.165) is 30.7 Å². The number of halogens is 3. The number of nitrogens with one attached hydrogen (secondary N) is 1. The number of carbonyl (C=O) groups excluding carboxylic acids is 1. The molecule has 1 amide bonds. The van der Waals surface area contributed by atoms with E-state index in [-0.39, 0.29) is 17.9 Å². The number of alkyl halides is 3. The second kappa shape index (κ2) is 9.21. The molecule has 10 heteroatoms. The van der Waals surface area contributed by atoms with Crippen LogP contribution in [0.5, 0.6) is 0 Å². The highest BCUT2D eigenvalue weighted by Crippen LogP contribution is 2.30. The van der Waals surface area contributed by atoms with E-state index in [1.807, 2.05) is 30.0 Å². The fraction of sp³-hybridized carbons (Fsp3) is 0.391. The molecule has 1 aromatic carbocycles. The van der Waals surface area contributed by atoms with E-state index in [1.54, 1.807) is 17.1 Å². The highest BCUT2D eigenvalue weighted by molar-refractivity contribution is 5.98. The zero-order valence-electron chi connectivity index (χ0n) is 18.4. The van der Waals surface area contributed by atoms with Gasteiger partial charge in [-0.25, -0.2) is 9.67 Å². The number of hydrogen-bond acceptors (Lipinski definition) is 5. The molecule has 1 N–H and O–H groups in total. The van der Waals surface area contributed by atoms with E-state index >= 15 is 0 Å². The number of rotatable bonds is 5. The molecule has 1 aliphatic rings. The first kappa shape index (κ1) is 22.8. The number of aromatic nitrogens is 4. The first-order chi connectivity index (χ1) is 15.7. The van der Waals surface area contributed by atoms with Crippen molar-refractivity contribution in [1.29, 1.82) is 0 Å². The number of piperidine rings is 1. The van der Waals surface area contributed by atoms with E-state index in [4.69, 9.17) is 0 Å². The Hall–Kier alpha value is -3.43. The molecule has 3 heterocycles. The fourth-order valence-corrected chi connectivity index (χ4v) is 4.20. The molecule has 0 unspecified atom stereocenters. The summed E-state index contributed by atoms with van der Waals surface area (Å²) in [6, 6.07) is 7.79. The molecule has 4 rings (SSSR count). The van der Waals surface area contributed by atoms with Crippen LogP contribution in [-0.2, 0) is 6.18 Å². The molecule has 0 radical (unpaired) electrons. The summed E-state index contributed by atoms with van der Waals surface area (Å²) in [6.07, 6.45) is 1.47. The lowest BCUT2D eigenvalue weighted by molar-refractivity contribution is -0.137. The Morgan fingerprint density at radius 2 is 2.06 bits per heavy atom. The minimum absolute atomic E-state index is 0.108. The van der Waals surface area contributed by atoms with Gasteiger partial charge in [0.15, 0.2) is 0 Å². The van der Waals surface area contributed by atoms with Crippen LogP contribution >= 0.6 is 0 Å². The minimum atomic E-state index is -4.43. The molecular formula is C23H25F3N6O. The van der Waals surface area contributed by atoms with Crippen molar-refractivity contribution in [3.05, 3.63) is 65.6 Å².